The zero-order chi connectivity index (χ0) is 13.8. The summed E-state index contributed by atoms with van der Waals surface area (Å²) in [4.78, 5) is 3.92. The Balaban J connectivity index is 2.14. The van der Waals surface area contributed by atoms with Gasteiger partial charge in [0.1, 0.15) is 24.1 Å². The first kappa shape index (κ1) is 12.9. The maximum absolute atomic E-state index is 8.79. The van der Waals surface area contributed by atoms with E-state index in [0.717, 1.165) is 22.4 Å². The van der Waals surface area contributed by atoms with Crippen LogP contribution in [0.4, 0.5) is 5.69 Å². The van der Waals surface area contributed by atoms with E-state index < -0.39 is 0 Å². The van der Waals surface area contributed by atoms with Gasteiger partial charge in [0.05, 0.1) is 0 Å². The Hall–Kier alpha value is -2.54. The standard InChI is InChI=1S/C15H15N3O/c1-10-5-11(2)15(7-14(10)17)19-9-12-3-4-18-13(6-12)8-16/h3-7H,9,17H2,1-2H3. The molecule has 0 aliphatic carbocycles. The lowest BCUT2D eigenvalue weighted by molar-refractivity contribution is 0.304. The number of aromatic nitrogens is 1. The smallest absolute Gasteiger partial charge is 0.140 e. The van der Waals surface area contributed by atoms with E-state index in [2.05, 4.69) is 4.98 Å². The van der Waals surface area contributed by atoms with Crippen LogP contribution in [0, 0.1) is 25.2 Å². The van der Waals surface area contributed by atoms with Crippen LogP contribution in [-0.4, -0.2) is 4.98 Å². The summed E-state index contributed by atoms with van der Waals surface area (Å²) in [7, 11) is 0. The van der Waals surface area contributed by atoms with Crippen LogP contribution in [0.5, 0.6) is 5.75 Å². The molecule has 0 aliphatic rings. The van der Waals surface area contributed by atoms with Gasteiger partial charge in [-0.1, -0.05) is 6.07 Å². The number of hydrogen-bond acceptors (Lipinski definition) is 4. The normalized spacial score (nSPS) is 9.95. The van der Waals surface area contributed by atoms with Crippen LogP contribution in [0.25, 0.3) is 0 Å². The van der Waals surface area contributed by atoms with Crippen LogP contribution in [0.2, 0.25) is 0 Å². The molecule has 0 saturated carbocycles. The molecule has 0 saturated heterocycles. The molecule has 0 radical (unpaired) electrons. The molecule has 0 spiro atoms. The molecule has 1 aromatic carbocycles. The molecule has 1 heterocycles. The average molecular weight is 253 g/mol. The van der Waals surface area contributed by atoms with Gasteiger partial charge in [0.2, 0.25) is 0 Å². The minimum absolute atomic E-state index is 0.389. The monoisotopic (exact) mass is 253 g/mol. The molecule has 4 heteroatoms. The first-order valence-corrected chi connectivity index (χ1v) is 5.94. The second-order valence-electron chi connectivity index (χ2n) is 4.42. The Morgan fingerprint density at radius 3 is 2.79 bits per heavy atom. The number of anilines is 1. The molecule has 0 fully saturated rings. The summed E-state index contributed by atoms with van der Waals surface area (Å²) < 4.78 is 5.74. The van der Waals surface area contributed by atoms with E-state index >= 15 is 0 Å². The Labute approximate surface area is 112 Å². The Bertz CT molecular complexity index is 644. The first-order chi connectivity index (χ1) is 9.10. The second-order valence-corrected chi connectivity index (χ2v) is 4.42. The molecule has 2 rings (SSSR count). The zero-order valence-corrected chi connectivity index (χ0v) is 11.0. The van der Waals surface area contributed by atoms with Crippen molar-refractivity contribution in [3.05, 3.63) is 52.8 Å². The fourth-order valence-corrected chi connectivity index (χ4v) is 1.79. The maximum atomic E-state index is 8.79. The predicted octanol–water partition coefficient (Wildman–Crippen LogP) is 2.73. The van der Waals surface area contributed by atoms with Crippen molar-refractivity contribution in [2.75, 3.05) is 5.73 Å². The number of nitrogens with zero attached hydrogens (tertiary/aromatic N) is 2. The van der Waals surface area contributed by atoms with Crippen molar-refractivity contribution in [3.63, 3.8) is 0 Å². The zero-order valence-electron chi connectivity index (χ0n) is 11.0. The van der Waals surface area contributed by atoms with Gasteiger partial charge in [0.25, 0.3) is 0 Å². The Kier molecular flexibility index (Phi) is 3.67. The van der Waals surface area contributed by atoms with E-state index in [9.17, 15) is 0 Å². The van der Waals surface area contributed by atoms with Crippen LogP contribution in [0.3, 0.4) is 0 Å². The van der Waals surface area contributed by atoms with Gasteiger partial charge >= 0.3 is 0 Å². The number of ether oxygens (including phenoxy) is 1. The molecule has 0 bridgehead atoms. The van der Waals surface area contributed by atoms with Crippen LogP contribution >= 0.6 is 0 Å². The molecule has 4 nitrogen and oxygen atoms in total. The minimum atomic E-state index is 0.389. The third-order valence-electron chi connectivity index (χ3n) is 2.90. The molecule has 0 unspecified atom stereocenters. The molecular weight excluding hydrogens is 238 g/mol. The van der Waals surface area contributed by atoms with Crippen molar-refractivity contribution >= 4 is 5.69 Å². The highest BCUT2D eigenvalue weighted by Gasteiger charge is 2.04. The van der Waals surface area contributed by atoms with Crippen molar-refractivity contribution in [3.8, 4) is 11.8 Å². The van der Waals surface area contributed by atoms with Crippen LogP contribution in [0.15, 0.2) is 30.5 Å². The van der Waals surface area contributed by atoms with E-state index in [1.54, 1.807) is 12.3 Å². The molecule has 96 valence electrons. The summed E-state index contributed by atoms with van der Waals surface area (Å²) in [6.45, 7) is 4.34. The SMILES string of the molecule is Cc1cc(C)c(OCc2ccnc(C#N)c2)cc1N. The molecule has 19 heavy (non-hydrogen) atoms. The largest absolute Gasteiger partial charge is 0.489 e. The number of aryl methyl sites for hydroxylation is 2. The Morgan fingerprint density at radius 2 is 2.05 bits per heavy atom. The first-order valence-electron chi connectivity index (χ1n) is 5.94. The van der Waals surface area contributed by atoms with Crippen molar-refractivity contribution in [1.29, 1.82) is 5.26 Å². The maximum Gasteiger partial charge on any atom is 0.140 e. The summed E-state index contributed by atoms with van der Waals surface area (Å²) >= 11 is 0. The minimum Gasteiger partial charge on any atom is -0.489 e. The molecule has 1 aromatic heterocycles. The van der Waals surface area contributed by atoms with Gasteiger partial charge in [-0.05, 0) is 42.7 Å². The number of rotatable bonds is 3. The third kappa shape index (κ3) is 3.02. The van der Waals surface area contributed by atoms with Gasteiger partial charge in [-0.25, -0.2) is 4.98 Å². The van der Waals surface area contributed by atoms with E-state index in [1.165, 1.54) is 0 Å². The summed E-state index contributed by atoms with van der Waals surface area (Å²) in [6, 6.07) is 9.38. The van der Waals surface area contributed by atoms with E-state index in [-0.39, 0.29) is 0 Å². The van der Waals surface area contributed by atoms with Gasteiger partial charge in [-0.15, -0.1) is 0 Å². The van der Waals surface area contributed by atoms with E-state index in [1.807, 2.05) is 38.1 Å². The number of hydrogen-bond donors (Lipinski definition) is 1. The van der Waals surface area contributed by atoms with Crippen molar-refractivity contribution in [2.24, 2.45) is 0 Å². The van der Waals surface area contributed by atoms with Crippen molar-refractivity contribution < 1.29 is 4.74 Å². The van der Waals surface area contributed by atoms with Crippen LogP contribution < -0.4 is 10.5 Å². The average Bonchev–Trinajstić information content (AvgIpc) is 2.41. The lowest BCUT2D eigenvalue weighted by Gasteiger charge is -2.11. The number of benzene rings is 1. The van der Waals surface area contributed by atoms with Crippen molar-refractivity contribution in [2.45, 2.75) is 20.5 Å². The summed E-state index contributed by atoms with van der Waals surface area (Å²) in [5.74, 6) is 0.762. The number of nitrogen functional groups attached to an aromatic ring is 1. The topological polar surface area (TPSA) is 71.9 Å². The van der Waals surface area contributed by atoms with Crippen molar-refractivity contribution in [1.82, 2.24) is 4.98 Å². The van der Waals surface area contributed by atoms with Crippen LogP contribution in [-0.2, 0) is 6.61 Å². The highest BCUT2D eigenvalue weighted by Crippen LogP contribution is 2.25. The number of nitriles is 1. The lowest BCUT2D eigenvalue weighted by atomic mass is 10.1. The molecule has 0 aliphatic heterocycles. The quantitative estimate of drug-likeness (QED) is 0.854. The van der Waals surface area contributed by atoms with Gasteiger partial charge in [0.15, 0.2) is 0 Å². The number of pyridine rings is 1. The fourth-order valence-electron chi connectivity index (χ4n) is 1.79. The summed E-state index contributed by atoms with van der Waals surface area (Å²) in [5, 5.41) is 8.79. The highest BCUT2D eigenvalue weighted by atomic mass is 16.5. The molecule has 0 amide bonds. The van der Waals surface area contributed by atoms with E-state index in [4.69, 9.17) is 15.7 Å². The highest BCUT2D eigenvalue weighted by molar-refractivity contribution is 5.54. The molecule has 0 atom stereocenters. The second kappa shape index (κ2) is 5.40. The fraction of sp³-hybridized carbons (Fsp3) is 0.200. The van der Waals surface area contributed by atoms with Gasteiger partial charge in [-0.2, -0.15) is 5.26 Å². The summed E-state index contributed by atoms with van der Waals surface area (Å²) in [6.07, 6.45) is 1.60. The lowest BCUT2D eigenvalue weighted by Crippen LogP contribution is -2.00. The number of nitrogens with two attached hydrogens (primary N) is 1. The van der Waals surface area contributed by atoms with Gasteiger partial charge < -0.3 is 10.5 Å². The van der Waals surface area contributed by atoms with E-state index in [0.29, 0.717) is 18.0 Å². The predicted molar refractivity (Wildman–Crippen MR) is 73.6 cm³/mol. The summed E-state index contributed by atoms with van der Waals surface area (Å²) in [5.41, 5.74) is 9.97. The van der Waals surface area contributed by atoms with Gasteiger partial charge in [0, 0.05) is 18.0 Å². The molecule has 2 N–H and O–H groups in total. The third-order valence-corrected chi connectivity index (χ3v) is 2.90. The molecule has 2 aromatic rings. The molecular formula is C15H15N3O. The van der Waals surface area contributed by atoms with Crippen LogP contribution in [0.1, 0.15) is 22.4 Å². The van der Waals surface area contributed by atoms with Gasteiger partial charge in [-0.3, -0.25) is 0 Å². The Morgan fingerprint density at radius 1 is 1.26 bits per heavy atom.